The summed E-state index contributed by atoms with van der Waals surface area (Å²) in [6.07, 6.45) is -4.78. The van der Waals surface area contributed by atoms with E-state index in [0.29, 0.717) is 12.1 Å². The quantitative estimate of drug-likeness (QED) is 0.716. The van der Waals surface area contributed by atoms with Crippen LogP contribution >= 0.6 is 0 Å². The van der Waals surface area contributed by atoms with Crippen molar-refractivity contribution in [2.45, 2.75) is 12.1 Å². The summed E-state index contributed by atoms with van der Waals surface area (Å²) in [5, 5.41) is 1.72. The smallest absolute Gasteiger partial charge is 0.346 e. The van der Waals surface area contributed by atoms with Gasteiger partial charge in [0.2, 0.25) is 0 Å². The maximum absolute atomic E-state index is 12.8. The molecule has 0 aromatic carbocycles. The Labute approximate surface area is 109 Å². The molecule has 0 aliphatic rings. The molecular formula is C10H10F5N3O2. The zero-order chi connectivity index (χ0) is 15.6. The average Bonchev–Trinajstić information content (AvgIpc) is 2.35. The first kappa shape index (κ1) is 16.1. The van der Waals surface area contributed by atoms with Crippen LogP contribution in [0.4, 0.5) is 22.0 Å². The summed E-state index contributed by atoms with van der Waals surface area (Å²) in [5.41, 5.74) is 1.36. The number of rotatable bonds is 4. The third-order valence-electron chi connectivity index (χ3n) is 2.27. The molecule has 1 rings (SSSR count). The fraction of sp³-hybridized carbons (Fsp3) is 0.400. The van der Waals surface area contributed by atoms with Crippen molar-refractivity contribution in [1.82, 2.24) is 10.3 Å². The predicted molar refractivity (Wildman–Crippen MR) is 58.4 cm³/mol. The van der Waals surface area contributed by atoms with Crippen LogP contribution in [0.25, 0.3) is 0 Å². The molecule has 0 saturated carbocycles. The van der Waals surface area contributed by atoms with Crippen LogP contribution in [0.1, 0.15) is 16.1 Å². The molecule has 0 aliphatic heterocycles. The van der Waals surface area contributed by atoms with E-state index in [1.54, 1.807) is 5.32 Å². The second-order valence-corrected chi connectivity index (χ2v) is 3.86. The molecule has 0 saturated heterocycles. The SMILES string of the molecule is NCC(F)(F)CNC(=O)c1ccc(C(F)(F)F)[nH]c1=O. The van der Waals surface area contributed by atoms with E-state index in [2.05, 4.69) is 0 Å². The standard InChI is InChI=1S/C10H10F5N3O2/c11-9(12,3-16)4-17-7(19)5-1-2-6(10(13,14)15)18-8(5)20/h1-2H,3-4,16H2,(H,17,19)(H,18,20). The van der Waals surface area contributed by atoms with E-state index in [1.807, 2.05) is 0 Å². The Morgan fingerprint density at radius 1 is 1.25 bits per heavy atom. The van der Waals surface area contributed by atoms with Gasteiger partial charge in [-0.3, -0.25) is 9.59 Å². The molecule has 0 aliphatic carbocycles. The Bertz CT molecular complexity index is 553. The lowest BCUT2D eigenvalue weighted by Crippen LogP contribution is -2.42. The molecule has 1 amide bonds. The lowest BCUT2D eigenvalue weighted by Gasteiger charge is -2.14. The van der Waals surface area contributed by atoms with Crippen molar-refractivity contribution < 1.29 is 26.7 Å². The molecule has 20 heavy (non-hydrogen) atoms. The summed E-state index contributed by atoms with van der Waals surface area (Å²) >= 11 is 0. The van der Waals surface area contributed by atoms with Crippen molar-refractivity contribution >= 4 is 5.91 Å². The van der Waals surface area contributed by atoms with Crippen LogP contribution in [-0.4, -0.2) is 29.9 Å². The molecule has 1 heterocycles. The number of amides is 1. The molecule has 0 bridgehead atoms. The lowest BCUT2D eigenvalue weighted by atomic mass is 10.2. The largest absolute Gasteiger partial charge is 0.431 e. The highest BCUT2D eigenvalue weighted by atomic mass is 19.4. The number of aromatic amines is 1. The van der Waals surface area contributed by atoms with Crippen LogP contribution in [0.2, 0.25) is 0 Å². The zero-order valence-corrected chi connectivity index (χ0v) is 9.85. The average molecular weight is 299 g/mol. The van der Waals surface area contributed by atoms with Gasteiger partial charge in [0.05, 0.1) is 13.1 Å². The lowest BCUT2D eigenvalue weighted by molar-refractivity contribution is -0.141. The minimum atomic E-state index is -4.78. The van der Waals surface area contributed by atoms with E-state index >= 15 is 0 Å². The third-order valence-corrected chi connectivity index (χ3v) is 2.27. The number of pyridine rings is 1. The topological polar surface area (TPSA) is 88.0 Å². The molecule has 0 unspecified atom stereocenters. The Balaban J connectivity index is 2.88. The van der Waals surface area contributed by atoms with Crippen LogP contribution in [0.5, 0.6) is 0 Å². The minimum absolute atomic E-state index is 0.470. The van der Waals surface area contributed by atoms with E-state index in [4.69, 9.17) is 5.73 Å². The van der Waals surface area contributed by atoms with Gasteiger partial charge in [-0.25, -0.2) is 8.78 Å². The molecule has 112 valence electrons. The van der Waals surface area contributed by atoms with E-state index in [0.717, 1.165) is 0 Å². The number of H-pyrrole nitrogens is 1. The van der Waals surface area contributed by atoms with Crippen molar-refractivity contribution in [2.75, 3.05) is 13.1 Å². The second kappa shape index (κ2) is 5.57. The zero-order valence-electron chi connectivity index (χ0n) is 9.85. The number of halogens is 5. The normalized spacial score (nSPS) is 12.3. The molecule has 1 aromatic rings. The van der Waals surface area contributed by atoms with Crippen LogP contribution in [-0.2, 0) is 6.18 Å². The first-order chi connectivity index (χ1) is 9.07. The minimum Gasteiger partial charge on any atom is -0.346 e. The predicted octanol–water partition coefficient (Wildman–Crippen LogP) is 0.718. The van der Waals surface area contributed by atoms with Crippen molar-refractivity contribution in [3.8, 4) is 0 Å². The van der Waals surface area contributed by atoms with Gasteiger partial charge >= 0.3 is 6.18 Å². The van der Waals surface area contributed by atoms with Crippen LogP contribution < -0.4 is 16.6 Å². The van der Waals surface area contributed by atoms with Gasteiger partial charge in [-0.05, 0) is 12.1 Å². The molecule has 0 radical (unpaired) electrons. The number of nitrogens with one attached hydrogen (secondary N) is 2. The number of hydrogen-bond acceptors (Lipinski definition) is 3. The molecule has 1 aromatic heterocycles. The molecule has 5 nitrogen and oxygen atoms in total. The number of aromatic nitrogens is 1. The van der Waals surface area contributed by atoms with E-state index < -0.39 is 47.9 Å². The summed E-state index contributed by atoms with van der Waals surface area (Å²) in [4.78, 5) is 24.2. The Hall–Kier alpha value is -1.97. The second-order valence-electron chi connectivity index (χ2n) is 3.86. The highest BCUT2D eigenvalue weighted by molar-refractivity contribution is 5.93. The van der Waals surface area contributed by atoms with Crippen LogP contribution in [0.3, 0.4) is 0 Å². The van der Waals surface area contributed by atoms with Gasteiger partial charge in [0.25, 0.3) is 17.4 Å². The number of alkyl halides is 5. The van der Waals surface area contributed by atoms with E-state index in [9.17, 15) is 31.5 Å². The first-order valence-corrected chi connectivity index (χ1v) is 5.23. The van der Waals surface area contributed by atoms with Crippen LogP contribution in [0, 0.1) is 0 Å². The highest BCUT2D eigenvalue weighted by Gasteiger charge is 2.32. The summed E-state index contributed by atoms with van der Waals surface area (Å²) in [6, 6.07) is 1.08. The number of carbonyl (C=O) groups excluding carboxylic acids is 1. The van der Waals surface area contributed by atoms with Crippen LogP contribution in [0.15, 0.2) is 16.9 Å². The first-order valence-electron chi connectivity index (χ1n) is 5.23. The van der Waals surface area contributed by atoms with Crippen molar-refractivity contribution in [3.63, 3.8) is 0 Å². The number of carbonyl (C=O) groups is 1. The van der Waals surface area contributed by atoms with E-state index in [-0.39, 0.29) is 0 Å². The van der Waals surface area contributed by atoms with Crippen molar-refractivity contribution in [3.05, 3.63) is 33.7 Å². The van der Waals surface area contributed by atoms with Gasteiger partial charge in [-0.15, -0.1) is 0 Å². The van der Waals surface area contributed by atoms with Gasteiger partial charge in [-0.2, -0.15) is 13.2 Å². The Kier molecular flexibility index (Phi) is 4.48. The number of hydrogen-bond donors (Lipinski definition) is 3. The molecule has 0 atom stereocenters. The highest BCUT2D eigenvalue weighted by Crippen LogP contribution is 2.26. The summed E-state index contributed by atoms with van der Waals surface area (Å²) in [5.74, 6) is -4.58. The fourth-order valence-corrected chi connectivity index (χ4v) is 1.19. The Morgan fingerprint density at radius 3 is 2.30 bits per heavy atom. The summed E-state index contributed by atoms with van der Waals surface area (Å²) in [7, 11) is 0. The van der Waals surface area contributed by atoms with Gasteiger partial charge in [0, 0.05) is 0 Å². The van der Waals surface area contributed by atoms with Gasteiger partial charge in [0.1, 0.15) is 11.3 Å². The summed E-state index contributed by atoms with van der Waals surface area (Å²) in [6.45, 7) is -2.14. The monoisotopic (exact) mass is 299 g/mol. The van der Waals surface area contributed by atoms with Gasteiger partial charge in [-0.1, -0.05) is 0 Å². The van der Waals surface area contributed by atoms with Gasteiger partial charge in [0.15, 0.2) is 0 Å². The maximum atomic E-state index is 12.8. The fourth-order valence-electron chi connectivity index (χ4n) is 1.19. The molecule has 0 fully saturated rings. The Morgan fingerprint density at radius 2 is 1.85 bits per heavy atom. The number of nitrogens with two attached hydrogens (primary N) is 1. The van der Waals surface area contributed by atoms with E-state index in [1.165, 1.54) is 4.98 Å². The third kappa shape index (κ3) is 4.02. The van der Waals surface area contributed by atoms with Crippen molar-refractivity contribution in [1.29, 1.82) is 0 Å². The van der Waals surface area contributed by atoms with Crippen molar-refractivity contribution in [2.24, 2.45) is 5.73 Å². The molecule has 0 spiro atoms. The van der Waals surface area contributed by atoms with Gasteiger partial charge < -0.3 is 16.0 Å². The molecular weight excluding hydrogens is 289 g/mol. The maximum Gasteiger partial charge on any atom is 0.431 e. The molecule has 10 heteroatoms. The summed E-state index contributed by atoms with van der Waals surface area (Å²) < 4.78 is 62.4. The molecule has 4 N–H and O–H groups in total.